The Bertz CT molecular complexity index is 248. The second-order valence-electron chi connectivity index (χ2n) is 3.12. The average Bonchev–Trinajstić information content (AvgIpc) is 2.03. The van der Waals surface area contributed by atoms with Crippen molar-refractivity contribution < 1.29 is 0 Å². The molecule has 3 heteroatoms. The van der Waals surface area contributed by atoms with Crippen molar-refractivity contribution in [2.24, 2.45) is 5.92 Å². The molecule has 0 bridgehead atoms. The number of rotatable bonds is 3. The molecule has 1 heterocycles. The Labute approximate surface area is 77.6 Å². The molecule has 1 rings (SSSR count). The lowest BCUT2D eigenvalue weighted by atomic mass is 10.3. The van der Waals surface area contributed by atoms with Crippen LogP contribution in [0.15, 0.2) is 23.4 Å². The van der Waals surface area contributed by atoms with Crippen molar-refractivity contribution in [3.05, 3.63) is 18.5 Å². The highest BCUT2D eigenvalue weighted by molar-refractivity contribution is 7.99. The van der Waals surface area contributed by atoms with Crippen LogP contribution in [-0.2, 0) is 0 Å². The fourth-order valence-electron chi connectivity index (χ4n) is 0.768. The van der Waals surface area contributed by atoms with Crippen LogP contribution in [0, 0.1) is 5.92 Å². The minimum atomic E-state index is 0.689. The van der Waals surface area contributed by atoms with Crippen molar-refractivity contribution >= 4 is 17.4 Å². The van der Waals surface area contributed by atoms with E-state index in [1.54, 1.807) is 18.0 Å². The Morgan fingerprint density at radius 3 is 2.92 bits per heavy atom. The summed E-state index contributed by atoms with van der Waals surface area (Å²) in [6.45, 7) is 4.39. The molecule has 1 aromatic rings. The number of pyridine rings is 1. The number of nitrogen functional groups attached to an aromatic ring is 1. The van der Waals surface area contributed by atoms with Gasteiger partial charge < -0.3 is 5.73 Å². The van der Waals surface area contributed by atoms with Crippen LogP contribution in [0.1, 0.15) is 13.8 Å². The number of anilines is 1. The lowest BCUT2D eigenvalue weighted by Gasteiger charge is -2.05. The summed E-state index contributed by atoms with van der Waals surface area (Å²) in [6.07, 6.45) is 3.54. The standard InChI is InChI=1S/C9H14N2S/c1-7(2)6-12-9-5-11-4-3-8(9)10/h3-5,7H,6H2,1-2H3,(H2,10,11). The minimum Gasteiger partial charge on any atom is -0.398 e. The molecular weight excluding hydrogens is 168 g/mol. The molecule has 12 heavy (non-hydrogen) atoms. The Hall–Kier alpha value is -0.700. The van der Waals surface area contributed by atoms with Gasteiger partial charge >= 0.3 is 0 Å². The fraction of sp³-hybridized carbons (Fsp3) is 0.444. The van der Waals surface area contributed by atoms with Crippen LogP contribution in [0.2, 0.25) is 0 Å². The molecule has 0 fully saturated rings. The molecule has 0 atom stereocenters. The van der Waals surface area contributed by atoms with E-state index in [1.807, 2.05) is 12.3 Å². The van der Waals surface area contributed by atoms with Crippen LogP contribution >= 0.6 is 11.8 Å². The zero-order valence-corrected chi connectivity index (χ0v) is 8.27. The molecule has 0 saturated carbocycles. The van der Waals surface area contributed by atoms with Gasteiger partial charge in [-0.25, -0.2) is 0 Å². The van der Waals surface area contributed by atoms with E-state index in [2.05, 4.69) is 18.8 Å². The first-order valence-corrected chi connectivity index (χ1v) is 5.01. The first kappa shape index (κ1) is 9.39. The maximum Gasteiger partial charge on any atom is 0.0486 e. The van der Waals surface area contributed by atoms with Crippen LogP contribution in [0.3, 0.4) is 0 Å². The van der Waals surface area contributed by atoms with Crippen molar-refractivity contribution in [2.75, 3.05) is 11.5 Å². The van der Waals surface area contributed by atoms with Gasteiger partial charge in [-0.1, -0.05) is 13.8 Å². The Morgan fingerprint density at radius 2 is 2.33 bits per heavy atom. The van der Waals surface area contributed by atoms with E-state index in [9.17, 15) is 0 Å². The van der Waals surface area contributed by atoms with Gasteiger partial charge in [-0.3, -0.25) is 4.98 Å². The van der Waals surface area contributed by atoms with Crippen molar-refractivity contribution in [2.45, 2.75) is 18.7 Å². The van der Waals surface area contributed by atoms with E-state index in [0.29, 0.717) is 5.92 Å². The van der Waals surface area contributed by atoms with Gasteiger partial charge in [0.1, 0.15) is 0 Å². The molecule has 0 unspecified atom stereocenters. The topological polar surface area (TPSA) is 38.9 Å². The normalized spacial score (nSPS) is 10.6. The summed E-state index contributed by atoms with van der Waals surface area (Å²) in [4.78, 5) is 5.11. The Morgan fingerprint density at radius 1 is 1.58 bits per heavy atom. The van der Waals surface area contributed by atoms with Crippen LogP contribution < -0.4 is 5.73 Å². The van der Waals surface area contributed by atoms with Crippen LogP contribution in [-0.4, -0.2) is 10.7 Å². The summed E-state index contributed by atoms with van der Waals surface area (Å²) in [6, 6.07) is 1.84. The maximum atomic E-state index is 5.75. The van der Waals surface area contributed by atoms with Crippen molar-refractivity contribution in [3.8, 4) is 0 Å². The zero-order chi connectivity index (χ0) is 8.97. The van der Waals surface area contributed by atoms with Crippen LogP contribution in [0.4, 0.5) is 5.69 Å². The molecule has 0 aliphatic carbocycles. The van der Waals surface area contributed by atoms with Gasteiger partial charge in [-0.05, 0) is 12.0 Å². The van der Waals surface area contributed by atoms with Gasteiger partial charge in [-0.15, -0.1) is 11.8 Å². The predicted octanol–water partition coefficient (Wildman–Crippen LogP) is 2.41. The number of hydrogen-bond donors (Lipinski definition) is 1. The SMILES string of the molecule is CC(C)CSc1cnccc1N. The third-order valence-electron chi connectivity index (χ3n) is 1.39. The van der Waals surface area contributed by atoms with Gasteiger partial charge in [0.2, 0.25) is 0 Å². The molecule has 0 saturated heterocycles. The van der Waals surface area contributed by atoms with Crippen LogP contribution in [0.5, 0.6) is 0 Å². The Balaban J connectivity index is 2.57. The molecule has 0 radical (unpaired) electrons. The molecule has 0 amide bonds. The van der Waals surface area contributed by atoms with Gasteiger partial charge in [0, 0.05) is 28.7 Å². The first-order chi connectivity index (χ1) is 5.70. The van der Waals surface area contributed by atoms with E-state index in [1.165, 1.54) is 0 Å². The van der Waals surface area contributed by atoms with Crippen molar-refractivity contribution in [1.29, 1.82) is 0 Å². The molecule has 0 aliphatic rings. The molecule has 2 N–H and O–H groups in total. The fourth-order valence-corrected chi connectivity index (χ4v) is 1.65. The first-order valence-electron chi connectivity index (χ1n) is 4.02. The molecule has 0 aliphatic heterocycles. The highest BCUT2D eigenvalue weighted by Crippen LogP contribution is 2.24. The number of hydrogen-bond acceptors (Lipinski definition) is 3. The van der Waals surface area contributed by atoms with E-state index < -0.39 is 0 Å². The molecular formula is C9H14N2S. The molecule has 0 spiro atoms. The van der Waals surface area contributed by atoms with Gasteiger partial charge in [0.15, 0.2) is 0 Å². The van der Waals surface area contributed by atoms with Gasteiger partial charge in [-0.2, -0.15) is 0 Å². The number of thioether (sulfide) groups is 1. The summed E-state index contributed by atoms with van der Waals surface area (Å²) in [7, 11) is 0. The number of nitrogens with zero attached hydrogens (tertiary/aromatic N) is 1. The van der Waals surface area contributed by atoms with E-state index in [0.717, 1.165) is 16.3 Å². The van der Waals surface area contributed by atoms with Gasteiger partial charge in [0.05, 0.1) is 0 Å². The second kappa shape index (κ2) is 4.36. The summed E-state index contributed by atoms with van der Waals surface area (Å²) >= 11 is 1.77. The summed E-state index contributed by atoms with van der Waals surface area (Å²) in [5, 5.41) is 0. The predicted molar refractivity (Wildman–Crippen MR) is 54.2 cm³/mol. The van der Waals surface area contributed by atoms with Crippen LogP contribution in [0.25, 0.3) is 0 Å². The van der Waals surface area contributed by atoms with E-state index in [4.69, 9.17) is 5.73 Å². The summed E-state index contributed by atoms with van der Waals surface area (Å²) < 4.78 is 0. The molecule has 2 nitrogen and oxygen atoms in total. The third kappa shape index (κ3) is 2.74. The third-order valence-corrected chi connectivity index (χ3v) is 2.87. The molecule has 66 valence electrons. The monoisotopic (exact) mass is 182 g/mol. The Kier molecular flexibility index (Phi) is 3.41. The summed E-state index contributed by atoms with van der Waals surface area (Å²) in [5.74, 6) is 1.78. The lowest BCUT2D eigenvalue weighted by Crippen LogP contribution is -1.93. The lowest BCUT2D eigenvalue weighted by molar-refractivity contribution is 0.750. The smallest absolute Gasteiger partial charge is 0.0486 e. The highest BCUT2D eigenvalue weighted by atomic mass is 32.2. The van der Waals surface area contributed by atoms with E-state index in [-0.39, 0.29) is 0 Å². The second-order valence-corrected chi connectivity index (χ2v) is 4.18. The van der Waals surface area contributed by atoms with Crippen molar-refractivity contribution in [3.63, 3.8) is 0 Å². The minimum absolute atomic E-state index is 0.689. The quantitative estimate of drug-likeness (QED) is 0.730. The zero-order valence-electron chi connectivity index (χ0n) is 7.45. The number of nitrogens with two attached hydrogens (primary N) is 1. The molecule has 1 aromatic heterocycles. The van der Waals surface area contributed by atoms with E-state index >= 15 is 0 Å². The average molecular weight is 182 g/mol. The maximum absolute atomic E-state index is 5.75. The van der Waals surface area contributed by atoms with Gasteiger partial charge in [0.25, 0.3) is 0 Å². The van der Waals surface area contributed by atoms with Crippen molar-refractivity contribution in [1.82, 2.24) is 4.98 Å². The highest BCUT2D eigenvalue weighted by Gasteiger charge is 2.00. The molecule has 0 aromatic carbocycles. The summed E-state index contributed by atoms with van der Waals surface area (Å²) in [5.41, 5.74) is 6.58. The number of aromatic nitrogens is 1. The largest absolute Gasteiger partial charge is 0.398 e.